The normalized spacial score (nSPS) is 9.86. The molecule has 1 aromatic carbocycles. The molecule has 0 bridgehead atoms. The highest BCUT2D eigenvalue weighted by Crippen LogP contribution is 2.11. The van der Waals surface area contributed by atoms with Crippen LogP contribution in [-0.2, 0) is 9.53 Å². The van der Waals surface area contributed by atoms with Crippen LogP contribution in [0.25, 0.3) is 0 Å². The van der Waals surface area contributed by atoms with E-state index in [9.17, 15) is 4.79 Å². The minimum Gasteiger partial charge on any atom is -0.425 e. The van der Waals surface area contributed by atoms with E-state index in [0.29, 0.717) is 12.4 Å². The molecule has 0 heterocycles. The molecule has 3 heteroatoms. The second kappa shape index (κ2) is 5.40. The van der Waals surface area contributed by atoms with Crippen LogP contribution in [0.5, 0.6) is 5.75 Å². The Labute approximate surface area is 83.6 Å². The smallest absolute Gasteiger partial charge is 0.337 e. The monoisotopic (exact) mass is 194 g/mol. The summed E-state index contributed by atoms with van der Waals surface area (Å²) in [4.78, 5) is 11.1. The third-order valence-electron chi connectivity index (χ3n) is 1.68. The predicted octanol–water partition coefficient (Wildman–Crippen LogP) is 1.94. The van der Waals surface area contributed by atoms with Gasteiger partial charge in [0.05, 0.1) is 0 Å². The van der Waals surface area contributed by atoms with Crippen LogP contribution in [-0.4, -0.2) is 19.2 Å². The van der Waals surface area contributed by atoms with E-state index in [1.807, 2.05) is 26.0 Å². The molecule has 0 aliphatic rings. The number of carbonyl (C=O) groups is 1. The number of hydrogen-bond donors (Lipinski definition) is 0. The van der Waals surface area contributed by atoms with Crippen LogP contribution >= 0.6 is 0 Å². The summed E-state index contributed by atoms with van der Waals surface area (Å²) < 4.78 is 9.92. The number of hydrogen-bond acceptors (Lipinski definition) is 3. The fourth-order valence-corrected chi connectivity index (χ4v) is 0.953. The SMILES string of the molecule is CCOCC(=O)Oc1ccc(C)cc1. The molecule has 0 aliphatic carbocycles. The molecule has 0 radical (unpaired) electrons. The van der Waals surface area contributed by atoms with Crippen LogP contribution in [0.1, 0.15) is 12.5 Å². The highest BCUT2D eigenvalue weighted by atomic mass is 16.6. The van der Waals surface area contributed by atoms with E-state index in [4.69, 9.17) is 9.47 Å². The first-order valence-corrected chi connectivity index (χ1v) is 4.57. The van der Waals surface area contributed by atoms with Gasteiger partial charge in [0.15, 0.2) is 0 Å². The molecule has 0 fully saturated rings. The average Bonchev–Trinajstić information content (AvgIpc) is 2.18. The van der Waals surface area contributed by atoms with Gasteiger partial charge in [-0.2, -0.15) is 0 Å². The molecule has 3 nitrogen and oxygen atoms in total. The molecule has 0 aromatic heterocycles. The number of aryl methyl sites for hydroxylation is 1. The quantitative estimate of drug-likeness (QED) is 0.542. The van der Waals surface area contributed by atoms with Crippen molar-refractivity contribution in [1.29, 1.82) is 0 Å². The summed E-state index contributed by atoms with van der Waals surface area (Å²) in [5, 5.41) is 0. The maximum atomic E-state index is 11.1. The van der Waals surface area contributed by atoms with Crippen molar-refractivity contribution in [2.75, 3.05) is 13.2 Å². The Hall–Kier alpha value is -1.35. The van der Waals surface area contributed by atoms with Gasteiger partial charge in [-0.3, -0.25) is 0 Å². The summed E-state index contributed by atoms with van der Waals surface area (Å²) in [5.41, 5.74) is 1.13. The first-order valence-electron chi connectivity index (χ1n) is 4.57. The summed E-state index contributed by atoms with van der Waals surface area (Å²) in [6, 6.07) is 7.31. The van der Waals surface area contributed by atoms with Crippen molar-refractivity contribution in [2.24, 2.45) is 0 Å². The molecule has 0 amide bonds. The van der Waals surface area contributed by atoms with E-state index < -0.39 is 0 Å². The zero-order valence-electron chi connectivity index (χ0n) is 8.45. The van der Waals surface area contributed by atoms with Crippen LogP contribution < -0.4 is 4.74 Å². The third kappa shape index (κ3) is 3.58. The maximum absolute atomic E-state index is 11.1. The van der Waals surface area contributed by atoms with Crippen molar-refractivity contribution in [3.8, 4) is 5.75 Å². The number of carbonyl (C=O) groups excluding carboxylic acids is 1. The van der Waals surface area contributed by atoms with Crippen molar-refractivity contribution in [3.63, 3.8) is 0 Å². The van der Waals surface area contributed by atoms with Crippen molar-refractivity contribution in [3.05, 3.63) is 29.8 Å². The molecule has 0 atom stereocenters. The molecular weight excluding hydrogens is 180 g/mol. The predicted molar refractivity (Wildman–Crippen MR) is 53.3 cm³/mol. The third-order valence-corrected chi connectivity index (χ3v) is 1.68. The molecule has 0 unspecified atom stereocenters. The Kier molecular flexibility index (Phi) is 4.13. The van der Waals surface area contributed by atoms with Gasteiger partial charge in [0.25, 0.3) is 0 Å². The van der Waals surface area contributed by atoms with Crippen LogP contribution in [0.2, 0.25) is 0 Å². The molecule has 76 valence electrons. The Morgan fingerprint density at radius 3 is 2.50 bits per heavy atom. The Morgan fingerprint density at radius 1 is 1.29 bits per heavy atom. The number of esters is 1. The first-order chi connectivity index (χ1) is 6.72. The molecule has 14 heavy (non-hydrogen) atoms. The summed E-state index contributed by atoms with van der Waals surface area (Å²) in [6.45, 7) is 4.33. The summed E-state index contributed by atoms with van der Waals surface area (Å²) in [6.07, 6.45) is 0. The standard InChI is InChI=1S/C11H14O3/c1-3-13-8-11(12)14-10-6-4-9(2)5-7-10/h4-7H,3,8H2,1-2H3. The van der Waals surface area contributed by atoms with E-state index in [-0.39, 0.29) is 12.6 Å². The summed E-state index contributed by atoms with van der Waals surface area (Å²) >= 11 is 0. The lowest BCUT2D eigenvalue weighted by molar-refractivity contribution is -0.139. The summed E-state index contributed by atoms with van der Waals surface area (Å²) in [5.74, 6) is 0.191. The molecule has 0 N–H and O–H groups in total. The average molecular weight is 194 g/mol. The van der Waals surface area contributed by atoms with E-state index in [1.165, 1.54) is 0 Å². The van der Waals surface area contributed by atoms with E-state index in [1.54, 1.807) is 12.1 Å². The maximum Gasteiger partial charge on any atom is 0.337 e. The number of benzene rings is 1. The van der Waals surface area contributed by atoms with Gasteiger partial charge in [0.1, 0.15) is 12.4 Å². The molecular formula is C11H14O3. The minimum atomic E-state index is -0.365. The lowest BCUT2D eigenvalue weighted by Gasteiger charge is -2.03. The van der Waals surface area contributed by atoms with Crippen molar-refractivity contribution >= 4 is 5.97 Å². The van der Waals surface area contributed by atoms with E-state index >= 15 is 0 Å². The van der Waals surface area contributed by atoms with Gasteiger partial charge in [-0.15, -0.1) is 0 Å². The van der Waals surface area contributed by atoms with Crippen LogP contribution in [0, 0.1) is 6.92 Å². The van der Waals surface area contributed by atoms with Gasteiger partial charge < -0.3 is 9.47 Å². The Balaban J connectivity index is 2.44. The van der Waals surface area contributed by atoms with Crippen molar-refractivity contribution in [1.82, 2.24) is 0 Å². The second-order valence-corrected chi connectivity index (χ2v) is 2.92. The van der Waals surface area contributed by atoms with Gasteiger partial charge in [-0.05, 0) is 26.0 Å². The fourth-order valence-electron chi connectivity index (χ4n) is 0.953. The molecule has 0 saturated heterocycles. The fraction of sp³-hybridized carbons (Fsp3) is 0.364. The van der Waals surface area contributed by atoms with Gasteiger partial charge in [-0.1, -0.05) is 17.7 Å². The number of rotatable bonds is 4. The van der Waals surface area contributed by atoms with E-state index in [0.717, 1.165) is 5.56 Å². The topological polar surface area (TPSA) is 35.5 Å². The van der Waals surface area contributed by atoms with Gasteiger partial charge in [0, 0.05) is 6.61 Å². The first kappa shape index (κ1) is 10.7. The lowest BCUT2D eigenvalue weighted by atomic mass is 10.2. The van der Waals surface area contributed by atoms with Gasteiger partial charge in [0.2, 0.25) is 0 Å². The zero-order chi connectivity index (χ0) is 10.4. The zero-order valence-corrected chi connectivity index (χ0v) is 8.45. The van der Waals surface area contributed by atoms with Crippen LogP contribution in [0.15, 0.2) is 24.3 Å². The number of ether oxygens (including phenoxy) is 2. The van der Waals surface area contributed by atoms with E-state index in [2.05, 4.69) is 0 Å². The molecule has 1 aromatic rings. The van der Waals surface area contributed by atoms with Gasteiger partial charge in [-0.25, -0.2) is 4.79 Å². The highest BCUT2D eigenvalue weighted by molar-refractivity contribution is 5.73. The molecule has 0 spiro atoms. The van der Waals surface area contributed by atoms with Crippen molar-refractivity contribution < 1.29 is 14.3 Å². The van der Waals surface area contributed by atoms with Crippen molar-refractivity contribution in [2.45, 2.75) is 13.8 Å². The molecule has 0 saturated carbocycles. The minimum absolute atomic E-state index is 0.00434. The largest absolute Gasteiger partial charge is 0.425 e. The Bertz CT molecular complexity index is 290. The van der Waals surface area contributed by atoms with Crippen LogP contribution in [0.4, 0.5) is 0 Å². The highest BCUT2D eigenvalue weighted by Gasteiger charge is 2.03. The summed E-state index contributed by atoms with van der Waals surface area (Å²) in [7, 11) is 0. The molecule has 1 rings (SSSR count). The Morgan fingerprint density at radius 2 is 1.93 bits per heavy atom. The van der Waals surface area contributed by atoms with Crippen LogP contribution in [0.3, 0.4) is 0 Å². The lowest BCUT2D eigenvalue weighted by Crippen LogP contribution is -2.15. The molecule has 0 aliphatic heterocycles. The van der Waals surface area contributed by atoms with Gasteiger partial charge >= 0.3 is 5.97 Å². The second-order valence-electron chi connectivity index (χ2n) is 2.92.